The van der Waals surface area contributed by atoms with E-state index in [9.17, 15) is 4.79 Å². The van der Waals surface area contributed by atoms with E-state index in [1.807, 2.05) is 55.5 Å². The Morgan fingerprint density at radius 2 is 1.70 bits per heavy atom. The molecule has 172 valence electrons. The van der Waals surface area contributed by atoms with E-state index < -0.39 is 0 Å². The van der Waals surface area contributed by atoms with Crippen molar-refractivity contribution in [3.8, 4) is 22.8 Å². The summed E-state index contributed by atoms with van der Waals surface area (Å²) >= 11 is 0. The number of carbonyl (C=O) groups excluding carboxylic acids is 1. The van der Waals surface area contributed by atoms with Crippen molar-refractivity contribution in [2.24, 2.45) is 0 Å². The summed E-state index contributed by atoms with van der Waals surface area (Å²) in [4.78, 5) is 14.6. The van der Waals surface area contributed by atoms with Gasteiger partial charge in [0.25, 0.3) is 5.91 Å². The zero-order valence-electron chi connectivity index (χ0n) is 19.2. The van der Waals surface area contributed by atoms with Crippen LogP contribution < -0.4 is 19.7 Å². The SMILES string of the molecule is COc1cc(C)ccc1OCC(=O)Nc1ccc(-c2ccc(N3CCCCCC3)nn2)cc1. The maximum Gasteiger partial charge on any atom is 0.262 e. The molecule has 2 aromatic carbocycles. The van der Waals surface area contributed by atoms with Crippen molar-refractivity contribution in [1.29, 1.82) is 0 Å². The van der Waals surface area contributed by atoms with E-state index in [0.717, 1.165) is 35.7 Å². The summed E-state index contributed by atoms with van der Waals surface area (Å²) < 4.78 is 10.9. The molecule has 0 saturated carbocycles. The van der Waals surface area contributed by atoms with E-state index in [1.165, 1.54) is 25.7 Å². The zero-order valence-corrected chi connectivity index (χ0v) is 19.2. The highest BCUT2D eigenvalue weighted by atomic mass is 16.5. The summed E-state index contributed by atoms with van der Waals surface area (Å²) in [5.41, 5.74) is 3.51. The Balaban J connectivity index is 1.33. The fourth-order valence-corrected chi connectivity index (χ4v) is 3.91. The first kappa shape index (κ1) is 22.6. The van der Waals surface area contributed by atoms with Crippen LogP contribution in [0.15, 0.2) is 54.6 Å². The summed E-state index contributed by atoms with van der Waals surface area (Å²) in [6.07, 6.45) is 4.99. The highest BCUT2D eigenvalue weighted by molar-refractivity contribution is 5.92. The number of aryl methyl sites for hydroxylation is 1. The third-order valence-electron chi connectivity index (χ3n) is 5.72. The number of anilines is 2. The van der Waals surface area contributed by atoms with Crippen LogP contribution in [-0.4, -0.2) is 42.9 Å². The molecule has 1 amide bonds. The molecular weight excluding hydrogens is 416 g/mol. The summed E-state index contributed by atoms with van der Waals surface area (Å²) in [6, 6.07) is 17.2. The van der Waals surface area contributed by atoms with Crippen molar-refractivity contribution >= 4 is 17.4 Å². The second kappa shape index (κ2) is 10.8. The molecule has 4 rings (SSSR count). The van der Waals surface area contributed by atoms with E-state index in [4.69, 9.17) is 9.47 Å². The minimum atomic E-state index is -0.244. The van der Waals surface area contributed by atoms with Crippen LogP contribution in [0.4, 0.5) is 11.5 Å². The van der Waals surface area contributed by atoms with E-state index in [0.29, 0.717) is 17.2 Å². The first-order chi connectivity index (χ1) is 16.1. The number of hydrogen-bond donors (Lipinski definition) is 1. The monoisotopic (exact) mass is 446 g/mol. The Hall–Kier alpha value is -3.61. The molecule has 2 heterocycles. The molecule has 0 atom stereocenters. The predicted octanol–water partition coefficient (Wildman–Crippen LogP) is 4.86. The largest absolute Gasteiger partial charge is 0.493 e. The van der Waals surface area contributed by atoms with Gasteiger partial charge in [0.1, 0.15) is 0 Å². The van der Waals surface area contributed by atoms with E-state index >= 15 is 0 Å². The lowest BCUT2D eigenvalue weighted by Crippen LogP contribution is -2.25. The van der Waals surface area contributed by atoms with E-state index in [2.05, 4.69) is 20.4 Å². The van der Waals surface area contributed by atoms with Gasteiger partial charge in [0.2, 0.25) is 0 Å². The van der Waals surface area contributed by atoms with Crippen LogP contribution in [0.2, 0.25) is 0 Å². The van der Waals surface area contributed by atoms with Gasteiger partial charge >= 0.3 is 0 Å². The topological polar surface area (TPSA) is 76.6 Å². The fourth-order valence-electron chi connectivity index (χ4n) is 3.91. The molecular formula is C26H30N4O3. The number of amides is 1. The Kier molecular flexibility index (Phi) is 7.40. The van der Waals surface area contributed by atoms with Gasteiger partial charge < -0.3 is 19.7 Å². The van der Waals surface area contributed by atoms with Crippen molar-refractivity contribution in [2.75, 3.05) is 37.0 Å². The smallest absolute Gasteiger partial charge is 0.262 e. The van der Waals surface area contributed by atoms with E-state index in [1.54, 1.807) is 13.2 Å². The number of hydrogen-bond acceptors (Lipinski definition) is 6. The summed E-state index contributed by atoms with van der Waals surface area (Å²) in [7, 11) is 1.58. The molecule has 1 aliphatic rings. The van der Waals surface area contributed by atoms with Crippen LogP contribution in [0.3, 0.4) is 0 Å². The summed E-state index contributed by atoms with van der Waals surface area (Å²) in [5, 5.41) is 11.7. The van der Waals surface area contributed by atoms with E-state index in [-0.39, 0.29) is 12.5 Å². The van der Waals surface area contributed by atoms with Gasteiger partial charge in [-0.2, -0.15) is 0 Å². The van der Waals surface area contributed by atoms with Crippen molar-refractivity contribution < 1.29 is 14.3 Å². The lowest BCUT2D eigenvalue weighted by Gasteiger charge is -2.20. The zero-order chi connectivity index (χ0) is 23.0. The standard InChI is InChI=1S/C26H30N4O3/c1-19-7-13-23(24(17-19)32-2)33-18-26(31)27-21-10-8-20(9-11-21)22-12-14-25(29-28-22)30-15-5-3-4-6-16-30/h7-14,17H,3-6,15-16,18H2,1-2H3,(H,27,31). The number of carbonyl (C=O) groups is 1. The van der Waals surface area contributed by atoms with Gasteiger partial charge in [-0.05, 0) is 61.7 Å². The Bertz CT molecular complexity index is 1060. The second-order valence-corrected chi connectivity index (χ2v) is 8.25. The Morgan fingerprint density at radius 3 is 2.36 bits per heavy atom. The Morgan fingerprint density at radius 1 is 0.939 bits per heavy atom. The lowest BCUT2D eigenvalue weighted by atomic mass is 10.1. The second-order valence-electron chi connectivity index (χ2n) is 8.25. The molecule has 7 nitrogen and oxygen atoms in total. The number of aromatic nitrogens is 2. The first-order valence-corrected chi connectivity index (χ1v) is 11.4. The van der Waals surface area contributed by atoms with Gasteiger partial charge in [0.15, 0.2) is 23.9 Å². The normalized spacial score (nSPS) is 13.8. The minimum absolute atomic E-state index is 0.107. The van der Waals surface area contributed by atoms with Crippen LogP contribution in [-0.2, 0) is 4.79 Å². The molecule has 1 fully saturated rings. The third-order valence-corrected chi connectivity index (χ3v) is 5.72. The van der Waals surface area contributed by atoms with Gasteiger partial charge in [0, 0.05) is 24.3 Å². The molecule has 3 aromatic rings. The van der Waals surface area contributed by atoms with Crippen LogP contribution in [0, 0.1) is 6.92 Å². The molecule has 1 aliphatic heterocycles. The molecule has 1 N–H and O–H groups in total. The molecule has 1 aromatic heterocycles. The molecule has 0 spiro atoms. The maximum absolute atomic E-state index is 12.3. The van der Waals surface area contributed by atoms with Gasteiger partial charge in [-0.25, -0.2) is 0 Å². The van der Waals surface area contributed by atoms with Gasteiger partial charge in [-0.1, -0.05) is 31.0 Å². The number of nitrogens with one attached hydrogen (secondary N) is 1. The molecule has 0 radical (unpaired) electrons. The molecule has 0 unspecified atom stereocenters. The molecule has 1 saturated heterocycles. The quantitative estimate of drug-likeness (QED) is 0.559. The van der Waals surface area contributed by atoms with Gasteiger partial charge in [0.05, 0.1) is 12.8 Å². The van der Waals surface area contributed by atoms with Crippen molar-refractivity contribution in [3.63, 3.8) is 0 Å². The number of ether oxygens (including phenoxy) is 2. The number of rotatable bonds is 7. The molecule has 7 heteroatoms. The number of benzene rings is 2. The predicted molar refractivity (Wildman–Crippen MR) is 130 cm³/mol. The number of methoxy groups -OCH3 is 1. The average Bonchev–Trinajstić information content (AvgIpc) is 3.13. The highest BCUT2D eigenvalue weighted by Gasteiger charge is 2.12. The third kappa shape index (κ3) is 6.00. The average molecular weight is 447 g/mol. The van der Waals surface area contributed by atoms with Crippen molar-refractivity contribution in [3.05, 3.63) is 60.2 Å². The summed E-state index contributed by atoms with van der Waals surface area (Å²) in [6.45, 7) is 3.95. The van der Waals surface area contributed by atoms with Gasteiger partial charge in [-0.15, -0.1) is 10.2 Å². The highest BCUT2D eigenvalue weighted by Crippen LogP contribution is 2.28. The van der Waals surface area contributed by atoms with Gasteiger partial charge in [-0.3, -0.25) is 4.79 Å². The van der Waals surface area contributed by atoms with Crippen LogP contribution >= 0.6 is 0 Å². The molecule has 0 aliphatic carbocycles. The minimum Gasteiger partial charge on any atom is -0.493 e. The molecule has 0 bridgehead atoms. The Labute approximate surface area is 194 Å². The lowest BCUT2D eigenvalue weighted by molar-refractivity contribution is -0.118. The summed E-state index contributed by atoms with van der Waals surface area (Å²) in [5.74, 6) is 1.84. The maximum atomic E-state index is 12.3. The van der Waals surface area contributed by atoms with Crippen LogP contribution in [0.25, 0.3) is 11.3 Å². The van der Waals surface area contributed by atoms with Crippen LogP contribution in [0.5, 0.6) is 11.5 Å². The van der Waals surface area contributed by atoms with Crippen LogP contribution in [0.1, 0.15) is 31.2 Å². The fraction of sp³-hybridized carbons (Fsp3) is 0.346. The first-order valence-electron chi connectivity index (χ1n) is 11.4. The number of nitrogens with zero attached hydrogens (tertiary/aromatic N) is 3. The van der Waals surface area contributed by atoms with Crippen molar-refractivity contribution in [2.45, 2.75) is 32.6 Å². The molecule has 33 heavy (non-hydrogen) atoms. The van der Waals surface area contributed by atoms with Crippen molar-refractivity contribution in [1.82, 2.24) is 10.2 Å².